The number of amides is 1. The molecule has 1 aliphatic rings. The summed E-state index contributed by atoms with van der Waals surface area (Å²) in [6.45, 7) is 2.08. The van der Waals surface area contributed by atoms with E-state index in [0.29, 0.717) is 5.75 Å². The summed E-state index contributed by atoms with van der Waals surface area (Å²) >= 11 is 0. The Kier molecular flexibility index (Phi) is 4.47. The van der Waals surface area contributed by atoms with E-state index in [-0.39, 0.29) is 31.8 Å². The number of piperidine rings is 1. The van der Waals surface area contributed by atoms with Crippen molar-refractivity contribution in [3.63, 3.8) is 0 Å². The van der Waals surface area contributed by atoms with Crippen molar-refractivity contribution in [1.82, 2.24) is 4.90 Å². The first-order chi connectivity index (χ1) is 9.92. The molecule has 1 aliphatic heterocycles. The first-order valence-corrected chi connectivity index (χ1v) is 6.89. The standard InChI is InChI=1S/C15H19NO5/c1-11(21-12-5-3-2-4-6-12)13(17)16-9-7-15(20,8-10-16)14(18)19/h2-6,11,20H,7-10H2,1H3,(H,18,19). The van der Waals surface area contributed by atoms with Crippen LogP contribution in [0, 0.1) is 0 Å². The minimum absolute atomic E-state index is 0.0339. The predicted molar refractivity (Wildman–Crippen MR) is 74.9 cm³/mol. The van der Waals surface area contributed by atoms with Gasteiger partial charge in [-0.1, -0.05) is 18.2 Å². The fourth-order valence-electron chi connectivity index (χ4n) is 2.32. The summed E-state index contributed by atoms with van der Waals surface area (Å²) in [6.07, 6.45) is -0.582. The van der Waals surface area contributed by atoms with Crippen molar-refractivity contribution in [2.24, 2.45) is 0 Å². The monoisotopic (exact) mass is 293 g/mol. The molecule has 0 aliphatic carbocycles. The van der Waals surface area contributed by atoms with Gasteiger partial charge >= 0.3 is 5.97 Å². The molecule has 1 heterocycles. The number of hydrogen-bond donors (Lipinski definition) is 2. The van der Waals surface area contributed by atoms with Crippen LogP contribution in [-0.4, -0.2) is 51.8 Å². The molecule has 1 atom stereocenters. The third kappa shape index (κ3) is 3.52. The number of para-hydroxylation sites is 1. The third-order valence-electron chi connectivity index (χ3n) is 3.70. The van der Waals surface area contributed by atoms with Crippen LogP contribution in [0.3, 0.4) is 0 Å². The van der Waals surface area contributed by atoms with E-state index in [9.17, 15) is 14.7 Å². The molecule has 1 aromatic carbocycles. The van der Waals surface area contributed by atoms with Gasteiger partial charge in [-0.05, 0) is 19.1 Å². The van der Waals surface area contributed by atoms with Crippen molar-refractivity contribution in [3.8, 4) is 5.75 Å². The van der Waals surface area contributed by atoms with Gasteiger partial charge in [-0.2, -0.15) is 0 Å². The highest BCUT2D eigenvalue weighted by Crippen LogP contribution is 2.23. The van der Waals surface area contributed by atoms with Crippen LogP contribution in [0.4, 0.5) is 0 Å². The molecule has 114 valence electrons. The van der Waals surface area contributed by atoms with Crippen LogP contribution >= 0.6 is 0 Å². The van der Waals surface area contributed by atoms with Crippen LogP contribution in [-0.2, 0) is 9.59 Å². The average Bonchev–Trinajstić information content (AvgIpc) is 2.48. The lowest BCUT2D eigenvalue weighted by molar-refractivity contribution is -0.166. The maximum Gasteiger partial charge on any atom is 0.335 e. The Morgan fingerprint density at radius 1 is 1.24 bits per heavy atom. The molecule has 0 bridgehead atoms. The fourth-order valence-corrected chi connectivity index (χ4v) is 2.32. The lowest BCUT2D eigenvalue weighted by Gasteiger charge is -2.36. The second-order valence-electron chi connectivity index (χ2n) is 5.24. The summed E-state index contributed by atoms with van der Waals surface area (Å²) < 4.78 is 5.56. The molecule has 2 N–H and O–H groups in total. The minimum Gasteiger partial charge on any atom is -0.481 e. The lowest BCUT2D eigenvalue weighted by Crippen LogP contribution is -2.53. The summed E-state index contributed by atoms with van der Waals surface area (Å²) in [5.74, 6) is -0.827. The number of nitrogens with zero attached hydrogens (tertiary/aromatic N) is 1. The number of benzene rings is 1. The van der Waals surface area contributed by atoms with Crippen LogP contribution in [0.25, 0.3) is 0 Å². The van der Waals surface area contributed by atoms with Gasteiger partial charge in [-0.15, -0.1) is 0 Å². The number of likely N-dealkylation sites (tertiary alicyclic amines) is 1. The van der Waals surface area contributed by atoms with Crippen molar-refractivity contribution in [3.05, 3.63) is 30.3 Å². The molecule has 1 amide bonds. The van der Waals surface area contributed by atoms with E-state index in [0.717, 1.165) is 0 Å². The van der Waals surface area contributed by atoms with Gasteiger partial charge in [0.1, 0.15) is 5.75 Å². The molecular formula is C15H19NO5. The number of aliphatic carboxylic acids is 1. The molecule has 2 rings (SSSR count). The van der Waals surface area contributed by atoms with Gasteiger partial charge in [0, 0.05) is 25.9 Å². The molecule has 1 unspecified atom stereocenters. The Morgan fingerprint density at radius 2 is 1.81 bits per heavy atom. The van der Waals surface area contributed by atoms with Gasteiger partial charge in [0.2, 0.25) is 0 Å². The van der Waals surface area contributed by atoms with E-state index in [1.807, 2.05) is 18.2 Å². The highest BCUT2D eigenvalue weighted by Gasteiger charge is 2.41. The maximum absolute atomic E-state index is 12.3. The van der Waals surface area contributed by atoms with Crippen molar-refractivity contribution in [2.75, 3.05) is 13.1 Å². The Labute approximate surface area is 122 Å². The summed E-state index contributed by atoms with van der Waals surface area (Å²) in [4.78, 5) is 24.7. The molecule has 21 heavy (non-hydrogen) atoms. The Morgan fingerprint density at radius 3 is 2.33 bits per heavy atom. The third-order valence-corrected chi connectivity index (χ3v) is 3.70. The van der Waals surface area contributed by atoms with Crippen LogP contribution in [0.5, 0.6) is 5.75 Å². The minimum atomic E-state index is -1.72. The molecule has 1 fully saturated rings. The summed E-state index contributed by atoms with van der Waals surface area (Å²) in [5, 5.41) is 18.8. The topological polar surface area (TPSA) is 87.1 Å². The van der Waals surface area contributed by atoms with E-state index < -0.39 is 17.7 Å². The number of carbonyl (C=O) groups excluding carboxylic acids is 1. The Balaban J connectivity index is 1.91. The van der Waals surface area contributed by atoms with E-state index in [2.05, 4.69) is 0 Å². The smallest absolute Gasteiger partial charge is 0.335 e. The number of rotatable bonds is 4. The quantitative estimate of drug-likeness (QED) is 0.861. The van der Waals surface area contributed by atoms with Gasteiger partial charge in [0.05, 0.1) is 0 Å². The molecule has 0 radical (unpaired) electrons. The Bertz CT molecular complexity index is 508. The number of carboxylic acid groups (broad SMARTS) is 1. The van der Waals surface area contributed by atoms with E-state index in [4.69, 9.17) is 9.84 Å². The van der Waals surface area contributed by atoms with Gasteiger partial charge in [-0.3, -0.25) is 4.79 Å². The first kappa shape index (κ1) is 15.3. The lowest BCUT2D eigenvalue weighted by atomic mass is 9.91. The zero-order valence-corrected chi connectivity index (χ0v) is 11.9. The van der Waals surface area contributed by atoms with Crippen molar-refractivity contribution >= 4 is 11.9 Å². The van der Waals surface area contributed by atoms with Gasteiger partial charge < -0.3 is 19.8 Å². The van der Waals surface area contributed by atoms with Crippen LogP contribution in [0.1, 0.15) is 19.8 Å². The van der Waals surface area contributed by atoms with Crippen molar-refractivity contribution < 1.29 is 24.5 Å². The molecule has 1 saturated heterocycles. The summed E-state index contributed by atoms with van der Waals surface area (Å²) in [5.41, 5.74) is -1.72. The average molecular weight is 293 g/mol. The van der Waals surface area contributed by atoms with Crippen molar-refractivity contribution in [1.29, 1.82) is 0 Å². The molecule has 0 aromatic heterocycles. The second kappa shape index (κ2) is 6.13. The number of hydrogen-bond acceptors (Lipinski definition) is 4. The van der Waals surface area contributed by atoms with Crippen LogP contribution < -0.4 is 4.74 Å². The van der Waals surface area contributed by atoms with Crippen molar-refractivity contribution in [2.45, 2.75) is 31.5 Å². The van der Waals surface area contributed by atoms with E-state index >= 15 is 0 Å². The number of carboxylic acids is 1. The fraction of sp³-hybridized carbons (Fsp3) is 0.467. The van der Waals surface area contributed by atoms with Gasteiger partial charge in [-0.25, -0.2) is 4.79 Å². The first-order valence-electron chi connectivity index (χ1n) is 6.89. The normalized spacial score (nSPS) is 18.9. The molecule has 6 heteroatoms. The van der Waals surface area contributed by atoms with Gasteiger partial charge in [0.25, 0.3) is 5.91 Å². The highest BCUT2D eigenvalue weighted by molar-refractivity contribution is 5.82. The molecule has 0 saturated carbocycles. The summed E-state index contributed by atoms with van der Waals surface area (Å²) in [7, 11) is 0. The zero-order chi connectivity index (χ0) is 15.5. The Hall–Kier alpha value is -2.08. The number of carbonyl (C=O) groups is 2. The molecular weight excluding hydrogens is 274 g/mol. The van der Waals surface area contributed by atoms with E-state index in [1.165, 1.54) is 4.90 Å². The molecule has 0 spiro atoms. The predicted octanol–water partition coefficient (Wildman–Crippen LogP) is 0.892. The largest absolute Gasteiger partial charge is 0.481 e. The number of ether oxygens (including phenoxy) is 1. The summed E-state index contributed by atoms with van der Waals surface area (Å²) in [6, 6.07) is 9.03. The molecule has 6 nitrogen and oxygen atoms in total. The second-order valence-corrected chi connectivity index (χ2v) is 5.24. The maximum atomic E-state index is 12.3. The SMILES string of the molecule is CC(Oc1ccccc1)C(=O)N1CCC(O)(C(=O)O)CC1. The van der Waals surface area contributed by atoms with Crippen LogP contribution in [0.15, 0.2) is 30.3 Å². The van der Waals surface area contributed by atoms with Gasteiger partial charge in [0.15, 0.2) is 11.7 Å². The highest BCUT2D eigenvalue weighted by atomic mass is 16.5. The number of aliphatic hydroxyl groups is 1. The van der Waals surface area contributed by atoms with Crippen LogP contribution in [0.2, 0.25) is 0 Å². The zero-order valence-electron chi connectivity index (χ0n) is 11.9. The molecule has 1 aromatic rings. The van der Waals surface area contributed by atoms with E-state index in [1.54, 1.807) is 19.1 Å².